The van der Waals surface area contributed by atoms with E-state index in [4.69, 9.17) is 16.3 Å². The Bertz CT molecular complexity index is 145. The van der Waals surface area contributed by atoms with Crippen LogP contribution in [0.5, 0.6) is 0 Å². The van der Waals surface area contributed by atoms with Gasteiger partial charge in [0.25, 0.3) is 0 Å². The van der Waals surface area contributed by atoms with Gasteiger partial charge in [-0.25, -0.2) is 0 Å². The summed E-state index contributed by atoms with van der Waals surface area (Å²) < 4.78 is 5.25. The molecule has 0 aromatic heterocycles. The van der Waals surface area contributed by atoms with Gasteiger partial charge < -0.3 is 4.74 Å². The second kappa shape index (κ2) is 4.47. The van der Waals surface area contributed by atoms with Crippen LogP contribution in [0.25, 0.3) is 0 Å². The number of hydrogen-bond acceptors (Lipinski definition) is 2. The van der Waals surface area contributed by atoms with E-state index in [9.17, 15) is 0 Å². The van der Waals surface area contributed by atoms with Gasteiger partial charge in [0.05, 0.1) is 6.61 Å². The fourth-order valence-corrected chi connectivity index (χ4v) is 0.843. The van der Waals surface area contributed by atoms with Gasteiger partial charge in [0, 0.05) is 18.5 Å². The van der Waals surface area contributed by atoms with Crippen LogP contribution >= 0.6 is 11.6 Å². The molecule has 1 aliphatic rings. The average Bonchev–Trinajstić information content (AvgIpc) is 2.03. The van der Waals surface area contributed by atoms with E-state index in [1.54, 1.807) is 6.21 Å². The Balaban J connectivity index is 2.17. The summed E-state index contributed by atoms with van der Waals surface area (Å²) in [6.45, 7) is 0.581. The Kier molecular flexibility index (Phi) is 3.47. The van der Waals surface area contributed by atoms with Crippen LogP contribution < -0.4 is 0 Å². The second-order valence-corrected chi connectivity index (χ2v) is 2.35. The van der Waals surface area contributed by atoms with Gasteiger partial charge >= 0.3 is 0 Å². The van der Waals surface area contributed by atoms with Gasteiger partial charge in [-0.05, 0) is 6.08 Å². The van der Waals surface area contributed by atoms with E-state index in [0.717, 1.165) is 6.42 Å². The smallest absolute Gasteiger partial charge is 0.151 e. The summed E-state index contributed by atoms with van der Waals surface area (Å²) in [5.41, 5.74) is 0. The molecule has 0 fully saturated rings. The first-order valence-corrected chi connectivity index (χ1v) is 3.83. The highest BCUT2D eigenvalue weighted by Crippen LogP contribution is 2.04. The van der Waals surface area contributed by atoms with Gasteiger partial charge in [0.2, 0.25) is 0 Å². The van der Waals surface area contributed by atoms with Crippen LogP contribution in [-0.2, 0) is 4.74 Å². The predicted octanol–water partition coefficient (Wildman–Crippen LogP) is 1.60. The van der Waals surface area contributed by atoms with E-state index < -0.39 is 0 Å². The molecule has 0 aliphatic carbocycles. The highest BCUT2D eigenvalue weighted by Gasteiger charge is 2.04. The molecule has 0 saturated carbocycles. The van der Waals surface area contributed by atoms with Crippen molar-refractivity contribution in [1.29, 1.82) is 0 Å². The summed E-state index contributed by atoms with van der Waals surface area (Å²) in [7, 11) is 0. The van der Waals surface area contributed by atoms with Crippen LogP contribution in [0.1, 0.15) is 6.42 Å². The summed E-state index contributed by atoms with van der Waals surface area (Å²) in [5.74, 6) is 0.537. The van der Waals surface area contributed by atoms with Crippen LogP contribution in [-0.4, -0.2) is 24.9 Å². The van der Waals surface area contributed by atoms with Crippen molar-refractivity contribution >= 4 is 17.8 Å². The van der Waals surface area contributed by atoms with E-state index in [0.29, 0.717) is 12.5 Å². The first-order chi connectivity index (χ1) is 4.93. The topological polar surface area (TPSA) is 21.6 Å². The van der Waals surface area contributed by atoms with Crippen molar-refractivity contribution in [2.75, 3.05) is 12.5 Å². The van der Waals surface area contributed by atoms with Crippen molar-refractivity contribution in [2.45, 2.75) is 12.6 Å². The molecule has 1 atom stereocenters. The number of halogens is 1. The normalized spacial score (nSPS) is 23.5. The molecule has 0 radical (unpaired) electrons. The summed E-state index contributed by atoms with van der Waals surface area (Å²) in [4.78, 5) is 4.07. The maximum Gasteiger partial charge on any atom is 0.151 e. The molecule has 2 nitrogen and oxygen atoms in total. The molecule has 1 rings (SSSR count). The number of hydrogen-bond donors (Lipinski definition) is 0. The Morgan fingerprint density at radius 1 is 1.70 bits per heavy atom. The summed E-state index contributed by atoms with van der Waals surface area (Å²) >= 11 is 5.43. The predicted molar refractivity (Wildman–Crippen MR) is 42.7 cm³/mol. The number of nitrogens with zero attached hydrogens (tertiary/aromatic N) is 1. The SMILES string of the molecule is ClCCOC1CC=CC=N1. The van der Waals surface area contributed by atoms with E-state index in [2.05, 4.69) is 4.99 Å². The first kappa shape index (κ1) is 7.76. The van der Waals surface area contributed by atoms with E-state index in [1.165, 1.54) is 0 Å². The third kappa shape index (κ3) is 2.50. The molecule has 1 unspecified atom stereocenters. The van der Waals surface area contributed by atoms with Gasteiger partial charge in [0.15, 0.2) is 6.23 Å². The zero-order valence-electron chi connectivity index (χ0n) is 5.66. The molecule has 0 saturated heterocycles. The Morgan fingerprint density at radius 3 is 3.20 bits per heavy atom. The molecular weight excluding hydrogens is 150 g/mol. The lowest BCUT2D eigenvalue weighted by molar-refractivity contribution is 0.0729. The average molecular weight is 160 g/mol. The van der Waals surface area contributed by atoms with Crippen molar-refractivity contribution in [2.24, 2.45) is 4.99 Å². The van der Waals surface area contributed by atoms with Crippen LogP contribution in [0.2, 0.25) is 0 Å². The first-order valence-electron chi connectivity index (χ1n) is 3.29. The van der Waals surface area contributed by atoms with E-state index in [-0.39, 0.29) is 6.23 Å². The number of ether oxygens (including phenoxy) is 1. The third-order valence-electron chi connectivity index (χ3n) is 1.20. The number of aliphatic imine (C=N–C) groups is 1. The minimum atomic E-state index is 0.00347. The molecule has 3 heteroatoms. The molecule has 56 valence electrons. The van der Waals surface area contributed by atoms with Crippen LogP contribution in [0, 0.1) is 0 Å². The monoisotopic (exact) mass is 159 g/mol. The Labute approximate surface area is 65.5 Å². The second-order valence-electron chi connectivity index (χ2n) is 1.98. The molecule has 10 heavy (non-hydrogen) atoms. The van der Waals surface area contributed by atoms with Crippen LogP contribution in [0.3, 0.4) is 0 Å². The van der Waals surface area contributed by atoms with Gasteiger partial charge in [-0.15, -0.1) is 11.6 Å². The van der Waals surface area contributed by atoms with Crippen molar-refractivity contribution in [3.63, 3.8) is 0 Å². The molecule has 0 spiro atoms. The van der Waals surface area contributed by atoms with Crippen LogP contribution in [0.4, 0.5) is 0 Å². The maximum atomic E-state index is 5.43. The van der Waals surface area contributed by atoms with Crippen molar-refractivity contribution < 1.29 is 4.74 Å². The minimum Gasteiger partial charge on any atom is -0.355 e. The fraction of sp³-hybridized carbons (Fsp3) is 0.571. The minimum absolute atomic E-state index is 0.00347. The van der Waals surface area contributed by atoms with Crippen molar-refractivity contribution in [3.05, 3.63) is 12.2 Å². The summed E-state index contributed by atoms with van der Waals surface area (Å²) in [6, 6.07) is 0. The zero-order chi connectivity index (χ0) is 7.23. The van der Waals surface area contributed by atoms with Gasteiger partial charge in [0.1, 0.15) is 0 Å². The number of allylic oxidation sites excluding steroid dienone is 1. The highest BCUT2D eigenvalue weighted by molar-refractivity contribution is 6.17. The van der Waals surface area contributed by atoms with E-state index >= 15 is 0 Å². The van der Waals surface area contributed by atoms with E-state index in [1.807, 2.05) is 12.2 Å². The largest absolute Gasteiger partial charge is 0.355 e. The van der Waals surface area contributed by atoms with Crippen molar-refractivity contribution in [1.82, 2.24) is 0 Å². The lowest BCUT2D eigenvalue weighted by Gasteiger charge is -2.11. The number of rotatable bonds is 3. The molecule has 0 aromatic carbocycles. The Hall–Kier alpha value is -0.340. The van der Waals surface area contributed by atoms with Gasteiger partial charge in [-0.2, -0.15) is 0 Å². The Morgan fingerprint density at radius 2 is 2.60 bits per heavy atom. The highest BCUT2D eigenvalue weighted by atomic mass is 35.5. The molecule has 1 heterocycles. The fourth-order valence-electron chi connectivity index (χ4n) is 0.754. The summed E-state index contributed by atoms with van der Waals surface area (Å²) in [5, 5.41) is 0. The van der Waals surface area contributed by atoms with Gasteiger partial charge in [-0.3, -0.25) is 4.99 Å². The quantitative estimate of drug-likeness (QED) is 0.574. The molecule has 0 amide bonds. The molecular formula is C7H10ClNO. The third-order valence-corrected chi connectivity index (χ3v) is 1.35. The lowest BCUT2D eigenvalue weighted by atomic mass is 10.3. The maximum absolute atomic E-state index is 5.43. The molecule has 0 N–H and O–H groups in total. The summed E-state index contributed by atoms with van der Waals surface area (Å²) in [6.07, 6.45) is 6.58. The number of alkyl halides is 1. The molecule has 0 bridgehead atoms. The number of dihydropyridines is 1. The van der Waals surface area contributed by atoms with Crippen molar-refractivity contribution in [3.8, 4) is 0 Å². The molecule has 0 aromatic rings. The lowest BCUT2D eigenvalue weighted by Crippen LogP contribution is -2.12. The standard InChI is InChI=1S/C7H10ClNO/c8-4-6-10-7-3-1-2-5-9-7/h1-2,5,7H,3-4,6H2. The van der Waals surface area contributed by atoms with Crippen LogP contribution in [0.15, 0.2) is 17.1 Å². The van der Waals surface area contributed by atoms with Gasteiger partial charge in [-0.1, -0.05) is 6.08 Å². The zero-order valence-corrected chi connectivity index (χ0v) is 6.42. The molecule has 1 aliphatic heterocycles.